The van der Waals surface area contributed by atoms with Gasteiger partial charge in [0.2, 0.25) is 0 Å². The van der Waals surface area contributed by atoms with Gasteiger partial charge in [0.05, 0.1) is 12.1 Å². The van der Waals surface area contributed by atoms with Crippen LogP contribution in [0.4, 0.5) is 5.69 Å². The van der Waals surface area contributed by atoms with Crippen molar-refractivity contribution in [1.29, 1.82) is 0 Å². The van der Waals surface area contributed by atoms with E-state index >= 15 is 0 Å². The zero-order chi connectivity index (χ0) is 13.8. The van der Waals surface area contributed by atoms with E-state index in [0.29, 0.717) is 11.3 Å². The number of rotatable bonds is 2. The molecular weight excluding hydrogens is 240 g/mol. The van der Waals surface area contributed by atoms with Gasteiger partial charge >= 0.3 is 0 Å². The minimum atomic E-state index is -0.430. The molecule has 0 saturated heterocycles. The van der Waals surface area contributed by atoms with Crippen molar-refractivity contribution in [2.75, 3.05) is 5.73 Å². The Labute approximate surface area is 114 Å². The van der Waals surface area contributed by atoms with Crippen LogP contribution < -0.4 is 11.1 Å². The van der Waals surface area contributed by atoms with E-state index in [1.807, 2.05) is 6.92 Å². The van der Waals surface area contributed by atoms with Crippen LogP contribution >= 0.6 is 0 Å². The molecule has 4 N–H and O–H groups in total. The molecule has 1 fully saturated rings. The smallest absolute Gasteiger partial charge is 0.251 e. The van der Waals surface area contributed by atoms with Crippen LogP contribution in [0.2, 0.25) is 0 Å². The second-order valence-corrected chi connectivity index (χ2v) is 5.36. The lowest BCUT2D eigenvalue weighted by atomic mass is 10.0. The molecule has 1 aromatic carbocycles. The number of aliphatic hydroxyl groups is 1. The van der Waals surface area contributed by atoms with Crippen molar-refractivity contribution in [3.05, 3.63) is 29.3 Å². The maximum atomic E-state index is 12.2. The van der Waals surface area contributed by atoms with Crippen LogP contribution in [0.5, 0.6) is 0 Å². The van der Waals surface area contributed by atoms with E-state index in [9.17, 15) is 9.90 Å². The van der Waals surface area contributed by atoms with Gasteiger partial charge in [0.1, 0.15) is 0 Å². The monoisotopic (exact) mass is 262 g/mol. The molecule has 1 aromatic rings. The van der Waals surface area contributed by atoms with Crippen LogP contribution in [0.15, 0.2) is 18.2 Å². The number of nitrogens with two attached hydrogens (primary N) is 1. The summed E-state index contributed by atoms with van der Waals surface area (Å²) in [6, 6.07) is 5.12. The zero-order valence-electron chi connectivity index (χ0n) is 11.4. The summed E-state index contributed by atoms with van der Waals surface area (Å²) in [5.74, 6) is -0.122. The first kappa shape index (κ1) is 13.9. The van der Waals surface area contributed by atoms with Crippen molar-refractivity contribution >= 4 is 11.6 Å². The SMILES string of the molecule is Cc1cc(N)ccc1C(=O)NC1CCCCCC1O. The number of aliphatic hydroxyl groups excluding tert-OH is 1. The van der Waals surface area contributed by atoms with Crippen LogP contribution in [-0.2, 0) is 0 Å². The first-order valence-corrected chi connectivity index (χ1v) is 6.93. The Bertz CT molecular complexity index is 459. The first-order valence-electron chi connectivity index (χ1n) is 6.93. The summed E-state index contributed by atoms with van der Waals surface area (Å²) < 4.78 is 0. The summed E-state index contributed by atoms with van der Waals surface area (Å²) in [7, 11) is 0. The highest BCUT2D eigenvalue weighted by Gasteiger charge is 2.24. The number of carbonyl (C=O) groups excluding carboxylic acids is 1. The average molecular weight is 262 g/mol. The fourth-order valence-electron chi connectivity index (χ4n) is 2.64. The summed E-state index contributed by atoms with van der Waals surface area (Å²) in [6.07, 6.45) is 4.41. The summed E-state index contributed by atoms with van der Waals surface area (Å²) >= 11 is 0. The Kier molecular flexibility index (Phi) is 4.43. The molecule has 0 heterocycles. The number of hydrogen-bond donors (Lipinski definition) is 3. The maximum Gasteiger partial charge on any atom is 0.251 e. The van der Waals surface area contributed by atoms with Crippen LogP contribution in [0.3, 0.4) is 0 Å². The lowest BCUT2D eigenvalue weighted by Gasteiger charge is -2.22. The highest BCUT2D eigenvalue weighted by Crippen LogP contribution is 2.19. The highest BCUT2D eigenvalue weighted by molar-refractivity contribution is 5.96. The molecule has 2 unspecified atom stereocenters. The second-order valence-electron chi connectivity index (χ2n) is 5.36. The molecule has 1 saturated carbocycles. The number of benzene rings is 1. The topological polar surface area (TPSA) is 75.4 Å². The molecule has 0 aliphatic heterocycles. The fraction of sp³-hybridized carbons (Fsp3) is 0.533. The molecule has 4 heteroatoms. The third kappa shape index (κ3) is 3.47. The number of nitrogen functional groups attached to an aromatic ring is 1. The first-order chi connectivity index (χ1) is 9.08. The maximum absolute atomic E-state index is 12.2. The molecule has 2 atom stereocenters. The van der Waals surface area contributed by atoms with E-state index in [0.717, 1.165) is 37.7 Å². The lowest BCUT2D eigenvalue weighted by molar-refractivity contribution is 0.0818. The third-order valence-corrected chi connectivity index (χ3v) is 3.79. The van der Waals surface area contributed by atoms with Crippen LogP contribution in [0, 0.1) is 6.92 Å². The van der Waals surface area contributed by atoms with Gasteiger partial charge < -0.3 is 16.2 Å². The number of carbonyl (C=O) groups is 1. The van der Waals surface area contributed by atoms with Crippen molar-refractivity contribution in [2.45, 2.75) is 51.2 Å². The standard InChI is InChI=1S/C15H22N2O2/c1-10-9-11(16)7-8-12(10)15(19)17-13-5-3-2-4-6-14(13)18/h7-9,13-14,18H,2-6,16H2,1H3,(H,17,19). The molecule has 1 aliphatic rings. The number of hydrogen-bond acceptors (Lipinski definition) is 3. The molecule has 0 spiro atoms. The zero-order valence-corrected chi connectivity index (χ0v) is 11.4. The Morgan fingerprint density at radius 1 is 1.32 bits per heavy atom. The van der Waals surface area contributed by atoms with Crippen molar-refractivity contribution in [3.8, 4) is 0 Å². The largest absolute Gasteiger partial charge is 0.399 e. The molecule has 0 bridgehead atoms. The van der Waals surface area contributed by atoms with Crippen molar-refractivity contribution in [3.63, 3.8) is 0 Å². The van der Waals surface area contributed by atoms with Crippen LogP contribution in [0.25, 0.3) is 0 Å². The summed E-state index contributed by atoms with van der Waals surface area (Å²) in [4.78, 5) is 12.2. The van der Waals surface area contributed by atoms with Gasteiger partial charge in [0.25, 0.3) is 5.91 Å². The van der Waals surface area contributed by atoms with Gasteiger partial charge in [0.15, 0.2) is 0 Å². The summed E-state index contributed by atoms with van der Waals surface area (Å²) in [6.45, 7) is 1.87. The Hall–Kier alpha value is -1.55. The van der Waals surface area contributed by atoms with Gasteiger partial charge in [-0.25, -0.2) is 0 Å². The Morgan fingerprint density at radius 3 is 2.79 bits per heavy atom. The van der Waals surface area contributed by atoms with E-state index in [4.69, 9.17) is 5.73 Å². The predicted molar refractivity (Wildman–Crippen MR) is 75.9 cm³/mol. The molecule has 0 aromatic heterocycles. The number of amides is 1. The average Bonchev–Trinajstić information content (AvgIpc) is 2.55. The number of aryl methyl sites for hydroxylation is 1. The highest BCUT2D eigenvalue weighted by atomic mass is 16.3. The normalized spacial score (nSPS) is 23.7. The fourth-order valence-corrected chi connectivity index (χ4v) is 2.64. The number of nitrogens with one attached hydrogen (secondary N) is 1. The van der Waals surface area contributed by atoms with Gasteiger partial charge in [-0.2, -0.15) is 0 Å². The molecule has 1 amide bonds. The predicted octanol–water partition coefficient (Wildman–Crippen LogP) is 2.00. The Morgan fingerprint density at radius 2 is 2.05 bits per heavy atom. The van der Waals surface area contributed by atoms with Crippen molar-refractivity contribution < 1.29 is 9.90 Å². The van der Waals surface area contributed by atoms with Crippen molar-refractivity contribution in [2.24, 2.45) is 0 Å². The van der Waals surface area contributed by atoms with Crippen LogP contribution in [0.1, 0.15) is 48.0 Å². The summed E-state index contributed by atoms with van der Waals surface area (Å²) in [5.41, 5.74) is 7.83. The van der Waals surface area contributed by atoms with E-state index in [1.54, 1.807) is 18.2 Å². The molecule has 104 valence electrons. The minimum Gasteiger partial charge on any atom is -0.399 e. The van der Waals surface area contributed by atoms with Gasteiger partial charge in [-0.3, -0.25) is 4.79 Å². The van der Waals surface area contributed by atoms with E-state index in [2.05, 4.69) is 5.32 Å². The van der Waals surface area contributed by atoms with Crippen molar-refractivity contribution in [1.82, 2.24) is 5.32 Å². The van der Waals surface area contributed by atoms with Gasteiger partial charge in [-0.1, -0.05) is 19.3 Å². The molecular formula is C15H22N2O2. The third-order valence-electron chi connectivity index (χ3n) is 3.79. The minimum absolute atomic E-state index is 0.122. The van der Waals surface area contributed by atoms with E-state index in [1.165, 1.54) is 0 Å². The molecule has 1 aliphatic carbocycles. The quantitative estimate of drug-likeness (QED) is 0.563. The molecule has 19 heavy (non-hydrogen) atoms. The Balaban J connectivity index is 2.07. The molecule has 0 radical (unpaired) electrons. The lowest BCUT2D eigenvalue weighted by Crippen LogP contribution is -2.42. The van der Waals surface area contributed by atoms with Crippen LogP contribution in [-0.4, -0.2) is 23.2 Å². The van der Waals surface area contributed by atoms with Gasteiger partial charge in [0, 0.05) is 11.3 Å². The molecule has 4 nitrogen and oxygen atoms in total. The number of anilines is 1. The van der Waals surface area contributed by atoms with E-state index in [-0.39, 0.29) is 11.9 Å². The summed E-state index contributed by atoms with van der Waals surface area (Å²) in [5, 5.41) is 13.0. The second kappa shape index (κ2) is 6.06. The van der Waals surface area contributed by atoms with Gasteiger partial charge in [-0.05, 0) is 43.5 Å². The van der Waals surface area contributed by atoms with E-state index < -0.39 is 6.10 Å². The van der Waals surface area contributed by atoms with Gasteiger partial charge in [-0.15, -0.1) is 0 Å². The molecule has 2 rings (SSSR count).